The zero-order valence-electron chi connectivity index (χ0n) is 9.31. The van der Waals surface area contributed by atoms with Crippen molar-refractivity contribution < 1.29 is 4.74 Å². The third kappa shape index (κ3) is 1.99. The Kier molecular flexibility index (Phi) is 3.05. The lowest BCUT2D eigenvalue weighted by atomic mass is 10.2. The van der Waals surface area contributed by atoms with E-state index in [0.29, 0.717) is 11.7 Å². The van der Waals surface area contributed by atoms with Crippen LogP contribution in [0.2, 0.25) is 0 Å². The number of pyridine rings is 1. The van der Waals surface area contributed by atoms with Gasteiger partial charge >= 0.3 is 0 Å². The van der Waals surface area contributed by atoms with E-state index in [1.54, 1.807) is 6.20 Å². The molecule has 0 amide bonds. The Morgan fingerprint density at radius 3 is 3.12 bits per heavy atom. The number of nitrogens with zero attached hydrogens (tertiary/aromatic N) is 2. The second-order valence-corrected chi connectivity index (χ2v) is 3.91. The van der Waals surface area contributed by atoms with Crippen molar-refractivity contribution in [3.05, 3.63) is 24.0 Å². The lowest BCUT2D eigenvalue weighted by molar-refractivity contribution is 0.193. The lowest BCUT2D eigenvalue weighted by Crippen LogP contribution is -2.33. The van der Waals surface area contributed by atoms with Gasteiger partial charge in [0.05, 0.1) is 18.3 Å². The van der Waals surface area contributed by atoms with Crippen LogP contribution in [0.1, 0.15) is 12.1 Å². The fraction of sp³-hybridized carbons (Fsp3) is 0.455. The van der Waals surface area contributed by atoms with E-state index in [1.807, 2.05) is 19.2 Å². The normalized spacial score (nSPS) is 19.7. The number of nitrogens with two attached hydrogens (primary N) is 1. The van der Waals surface area contributed by atoms with E-state index < -0.39 is 0 Å². The summed E-state index contributed by atoms with van der Waals surface area (Å²) in [6.07, 6.45) is 2.65. The van der Waals surface area contributed by atoms with Crippen molar-refractivity contribution in [1.82, 2.24) is 4.98 Å². The average Bonchev–Trinajstić information content (AvgIpc) is 2.81. The Morgan fingerprint density at radius 2 is 2.50 bits per heavy atom. The maximum atomic E-state index is 7.50. The summed E-state index contributed by atoms with van der Waals surface area (Å²) in [7, 11) is 1.99. The van der Waals surface area contributed by atoms with Crippen molar-refractivity contribution in [3.63, 3.8) is 0 Å². The quantitative estimate of drug-likeness (QED) is 0.577. The monoisotopic (exact) mass is 220 g/mol. The second-order valence-electron chi connectivity index (χ2n) is 3.91. The van der Waals surface area contributed by atoms with Crippen LogP contribution >= 0.6 is 0 Å². The molecule has 0 spiro atoms. The van der Waals surface area contributed by atoms with Gasteiger partial charge in [0.1, 0.15) is 11.5 Å². The summed E-state index contributed by atoms with van der Waals surface area (Å²) >= 11 is 0. The molecule has 1 aromatic rings. The Labute approximate surface area is 94.7 Å². The molecule has 16 heavy (non-hydrogen) atoms. The summed E-state index contributed by atoms with van der Waals surface area (Å²) in [5, 5.41) is 7.50. The van der Waals surface area contributed by atoms with Crippen LogP contribution in [0.15, 0.2) is 18.3 Å². The summed E-state index contributed by atoms with van der Waals surface area (Å²) in [6, 6.07) is 4.14. The molecule has 5 heteroatoms. The first-order chi connectivity index (χ1) is 7.70. The topological polar surface area (TPSA) is 75.2 Å². The fourth-order valence-corrected chi connectivity index (χ4v) is 1.91. The van der Waals surface area contributed by atoms with E-state index in [0.717, 1.165) is 25.3 Å². The van der Waals surface area contributed by atoms with Crippen molar-refractivity contribution in [3.8, 4) is 0 Å². The number of hydrogen-bond donors (Lipinski definition) is 2. The van der Waals surface area contributed by atoms with Crippen LogP contribution < -0.4 is 10.6 Å². The molecule has 1 fully saturated rings. The third-order valence-electron chi connectivity index (χ3n) is 2.87. The van der Waals surface area contributed by atoms with Crippen molar-refractivity contribution in [2.45, 2.75) is 12.5 Å². The number of hydrogen-bond acceptors (Lipinski definition) is 4. The molecular formula is C11H16N4O. The summed E-state index contributed by atoms with van der Waals surface area (Å²) in [5.41, 5.74) is 6.95. The molecule has 2 heterocycles. The van der Waals surface area contributed by atoms with Gasteiger partial charge in [0.2, 0.25) is 0 Å². The molecular weight excluding hydrogens is 204 g/mol. The van der Waals surface area contributed by atoms with Crippen LogP contribution in [0.4, 0.5) is 5.69 Å². The Hall–Kier alpha value is -1.62. The summed E-state index contributed by atoms with van der Waals surface area (Å²) < 4.78 is 5.35. The number of rotatable bonds is 3. The van der Waals surface area contributed by atoms with Crippen molar-refractivity contribution in [2.24, 2.45) is 5.73 Å². The molecule has 0 bridgehead atoms. The van der Waals surface area contributed by atoms with E-state index in [2.05, 4.69) is 9.88 Å². The SMILES string of the molecule is CN(c1cccnc1C(=N)N)C1CCOC1. The smallest absolute Gasteiger partial charge is 0.143 e. The van der Waals surface area contributed by atoms with E-state index in [9.17, 15) is 0 Å². The molecule has 86 valence electrons. The highest BCUT2D eigenvalue weighted by Crippen LogP contribution is 2.22. The molecule has 0 radical (unpaired) electrons. The third-order valence-corrected chi connectivity index (χ3v) is 2.87. The van der Waals surface area contributed by atoms with Gasteiger partial charge in [-0.2, -0.15) is 0 Å². The Bertz CT molecular complexity index is 387. The highest BCUT2D eigenvalue weighted by atomic mass is 16.5. The lowest BCUT2D eigenvalue weighted by Gasteiger charge is -2.26. The van der Waals surface area contributed by atoms with Crippen LogP contribution in [0.25, 0.3) is 0 Å². The van der Waals surface area contributed by atoms with Crippen molar-refractivity contribution in [2.75, 3.05) is 25.2 Å². The zero-order valence-corrected chi connectivity index (χ0v) is 9.31. The maximum Gasteiger partial charge on any atom is 0.143 e. The first kappa shape index (κ1) is 10.9. The summed E-state index contributed by atoms with van der Waals surface area (Å²) in [6.45, 7) is 1.52. The second kappa shape index (κ2) is 4.49. The predicted molar refractivity (Wildman–Crippen MR) is 62.9 cm³/mol. The van der Waals surface area contributed by atoms with Gasteiger partial charge in [-0.15, -0.1) is 0 Å². The standard InChI is InChI=1S/C11H16N4O/c1-15(8-4-6-16-7-8)9-3-2-5-14-10(9)11(12)13/h2-3,5,8H,4,6-7H2,1H3,(H3,12,13). The van der Waals surface area contributed by atoms with E-state index in [-0.39, 0.29) is 5.84 Å². The molecule has 1 saturated heterocycles. The maximum absolute atomic E-state index is 7.50. The van der Waals surface area contributed by atoms with E-state index >= 15 is 0 Å². The van der Waals surface area contributed by atoms with Crippen LogP contribution in [0.3, 0.4) is 0 Å². The first-order valence-electron chi connectivity index (χ1n) is 5.30. The minimum absolute atomic E-state index is 0.00126. The summed E-state index contributed by atoms with van der Waals surface area (Å²) in [4.78, 5) is 6.23. The molecule has 0 aliphatic carbocycles. The Morgan fingerprint density at radius 1 is 1.69 bits per heavy atom. The number of aromatic nitrogens is 1. The van der Waals surface area contributed by atoms with Gasteiger partial charge in [-0.05, 0) is 18.6 Å². The van der Waals surface area contributed by atoms with Crippen LogP contribution in [-0.4, -0.2) is 37.1 Å². The molecule has 3 N–H and O–H groups in total. The van der Waals surface area contributed by atoms with Crippen molar-refractivity contribution in [1.29, 1.82) is 5.41 Å². The predicted octanol–water partition coefficient (Wildman–Crippen LogP) is 0.591. The Balaban J connectivity index is 2.27. The summed E-state index contributed by atoms with van der Waals surface area (Å²) in [5.74, 6) is 0.00126. The molecule has 2 rings (SSSR count). The van der Waals surface area contributed by atoms with Crippen LogP contribution in [0.5, 0.6) is 0 Å². The van der Waals surface area contributed by atoms with Crippen LogP contribution in [-0.2, 0) is 4.74 Å². The average molecular weight is 220 g/mol. The van der Waals surface area contributed by atoms with Gasteiger partial charge in [-0.3, -0.25) is 10.4 Å². The number of likely N-dealkylation sites (N-methyl/N-ethyl adjacent to an activating group) is 1. The molecule has 5 nitrogen and oxygen atoms in total. The number of amidine groups is 1. The van der Waals surface area contributed by atoms with Gasteiger partial charge < -0.3 is 15.4 Å². The van der Waals surface area contributed by atoms with Gasteiger partial charge in [0, 0.05) is 19.9 Å². The number of nitrogens with one attached hydrogen (secondary N) is 1. The fourth-order valence-electron chi connectivity index (χ4n) is 1.91. The largest absolute Gasteiger partial charge is 0.382 e. The van der Waals surface area contributed by atoms with Crippen LogP contribution in [0, 0.1) is 5.41 Å². The molecule has 1 atom stereocenters. The highest BCUT2D eigenvalue weighted by Gasteiger charge is 2.22. The van der Waals surface area contributed by atoms with E-state index in [1.165, 1.54) is 0 Å². The zero-order chi connectivity index (χ0) is 11.5. The van der Waals surface area contributed by atoms with Crippen molar-refractivity contribution >= 4 is 11.5 Å². The number of anilines is 1. The minimum atomic E-state index is 0.00126. The molecule has 0 saturated carbocycles. The molecule has 1 aliphatic rings. The molecule has 0 aromatic carbocycles. The van der Waals surface area contributed by atoms with Gasteiger partial charge in [-0.25, -0.2) is 0 Å². The van der Waals surface area contributed by atoms with E-state index in [4.69, 9.17) is 15.9 Å². The number of nitrogen functional groups attached to an aromatic ring is 1. The highest BCUT2D eigenvalue weighted by molar-refractivity contribution is 5.98. The van der Waals surface area contributed by atoms with Gasteiger partial charge in [0.25, 0.3) is 0 Å². The van der Waals surface area contributed by atoms with Gasteiger partial charge in [-0.1, -0.05) is 0 Å². The number of ether oxygens (including phenoxy) is 1. The molecule has 1 unspecified atom stereocenters. The molecule has 1 aliphatic heterocycles. The minimum Gasteiger partial charge on any atom is -0.382 e. The first-order valence-corrected chi connectivity index (χ1v) is 5.30. The van der Waals surface area contributed by atoms with Gasteiger partial charge in [0.15, 0.2) is 0 Å². The molecule has 1 aromatic heterocycles.